The molecule has 0 N–H and O–H groups in total. The average molecular weight is 323 g/mol. The molecule has 0 radical (unpaired) electrons. The number of carbonyl (C=O) groups is 2. The van der Waals surface area contributed by atoms with Crippen LogP contribution in [0.15, 0.2) is 12.3 Å². The van der Waals surface area contributed by atoms with Gasteiger partial charge in [-0.15, -0.1) is 0 Å². The molecule has 1 aliphatic heterocycles. The Kier molecular flexibility index (Phi) is 5.41. The minimum Gasteiger partial charge on any atom is -0.444 e. The van der Waals surface area contributed by atoms with Crippen molar-refractivity contribution >= 4 is 11.9 Å². The zero-order valence-electron chi connectivity index (χ0n) is 14.2. The zero-order chi connectivity index (χ0) is 17.0. The smallest absolute Gasteiger partial charge is 0.411 e. The second-order valence-corrected chi connectivity index (χ2v) is 6.68. The van der Waals surface area contributed by atoms with Crippen molar-refractivity contribution in [1.29, 1.82) is 0 Å². The van der Waals surface area contributed by atoms with Gasteiger partial charge in [0.25, 0.3) is 0 Å². The van der Waals surface area contributed by atoms with E-state index in [0.29, 0.717) is 26.0 Å². The Morgan fingerprint density at radius 3 is 2.78 bits per heavy atom. The van der Waals surface area contributed by atoms with Crippen molar-refractivity contribution in [2.24, 2.45) is 7.05 Å². The topological polar surface area (TPSA) is 73.7 Å². The van der Waals surface area contributed by atoms with Crippen LogP contribution in [-0.2, 0) is 27.7 Å². The Bertz CT molecular complexity index is 562. The van der Waals surface area contributed by atoms with Crippen LogP contribution in [0.5, 0.6) is 0 Å². The van der Waals surface area contributed by atoms with Gasteiger partial charge in [0.2, 0.25) is 0 Å². The Hall–Kier alpha value is -1.89. The first kappa shape index (κ1) is 17.5. The third-order valence-electron chi connectivity index (χ3n) is 3.68. The Morgan fingerprint density at radius 1 is 1.43 bits per heavy atom. The number of nitrogens with zero attached hydrogens (tertiary/aromatic N) is 3. The number of aromatic nitrogens is 2. The highest BCUT2D eigenvalue weighted by Gasteiger charge is 2.35. The van der Waals surface area contributed by atoms with Gasteiger partial charge in [-0.25, -0.2) is 4.79 Å². The lowest BCUT2D eigenvalue weighted by Gasteiger charge is -2.35. The van der Waals surface area contributed by atoms with Gasteiger partial charge in [-0.05, 0) is 33.3 Å². The van der Waals surface area contributed by atoms with Crippen LogP contribution in [0.4, 0.5) is 4.79 Å². The number of morpholine rings is 1. The summed E-state index contributed by atoms with van der Waals surface area (Å²) < 4.78 is 12.5. The molecule has 1 aromatic rings. The number of rotatable bonds is 4. The molecule has 2 heterocycles. The van der Waals surface area contributed by atoms with Gasteiger partial charge in [-0.2, -0.15) is 5.10 Å². The molecule has 0 spiro atoms. The highest BCUT2D eigenvalue weighted by atomic mass is 16.6. The number of aryl methyl sites for hydroxylation is 2. The van der Waals surface area contributed by atoms with E-state index in [4.69, 9.17) is 9.47 Å². The number of Topliss-reactive ketones (excluding diaryl/α,β-unsaturated/α-hetero) is 1. The molecule has 7 nitrogen and oxygen atoms in total. The molecule has 128 valence electrons. The van der Waals surface area contributed by atoms with Crippen LogP contribution in [-0.4, -0.2) is 58.0 Å². The van der Waals surface area contributed by atoms with E-state index in [1.165, 1.54) is 4.90 Å². The number of amides is 1. The van der Waals surface area contributed by atoms with Crippen molar-refractivity contribution in [3.05, 3.63) is 18.0 Å². The first-order chi connectivity index (χ1) is 10.8. The fourth-order valence-electron chi connectivity index (χ4n) is 2.47. The molecule has 0 saturated carbocycles. The largest absolute Gasteiger partial charge is 0.444 e. The van der Waals surface area contributed by atoms with E-state index in [2.05, 4.69) is 5.10 Å². The second kappa shape index (κ2) is 7.12. The molecule has 1 fully saturated rings. The summed E-state index contributed by atoms with van der Waals surface area (Å²) in [7, 11) is 1.84. The van der Waals surface area contributed by atoms with Crippen LogP contribution in [0.3, 0.4) is 0 Å². The molecule has 1 unspecified atom stereocenters. The van der Waals surface area contributed by atoms with Crippen LogP contribution >= 0.6 is 0 Å². The molecule has 1 aromatic heterocycles. The lowest BCUT2D eigenvalue weighted by atomic mass is 10.0. The molecule has 23 heavy (non-hydrogen) atoms. The van der Waals surface area contributed by atoms with E-state index < -0.39 is 17.7 Å². The molecule has 1 atom stereocenters. The van der Waals surface area contributed by atoms with Crippen molar-refractivity contribution in [3.63, 3.8) is 0 Å². The minimum absolute atomic E-state index is 0.0169. The Balaban J connectivity index is 1.98. The fourth-order valence-corrected chi connectivity index (χ4v) is 2.47. The number of hydrogen-bond acceptors (Lipinski definition) is 5. The SMILES string of the molecule is Cn1nccc1CCC(=O)C1COCCN1C(=O)OC(C)(C)C. The van der Waals surface area contributed by atoms with Gasteiger partial charge in [0.05, 0.1) is 13.2 Å². The Labute approximate surface area is 136 Å². The quantitative estimate of drug-likeness (QED) is 0.840. The molecule has 1 saturated heterocycles. The number of ether oxygens (including phenoxy) is 2. The molecule has 7 heteroatoms. The van der Waals surface area contributed by atoms with Gasteiger partial charge in [0.1, 0.15) is 11.6 Å². The van der Waals surface area contributed by atoms with E-state index in [-0.39, 0.29) is 12.4 Å². The summed E-state index contributed by atoms with van der Waals surface area (Å²) in [5.41, 5.74) is 0.399. The van der Waals surface area contributed by atoms with Gasteiger partial charge in [0, 0.05) is 31.9 Å². The highest BCUT2D eigenvalue weighted by Crippen LogP contribution is 2.16. The van der Waals surface area contributed by atoms with Crippen molar-refractivity contribution in [3.8, 4) is 0 Å². The maximum absolute atomic E-state index is 12.5. The molecule has 0 bridgehead atoms. The molecule has 1 aliphatic rings. The van der Waals surface area contributed by atoms with Gasteiger partial charge in [-0.3, -0.25) is 14.4 Å². The van der Waals surface area contributed by atoms with Gasteiger partial charge in [-0.1, -0.05) is 0 Å². The molecule has 0 aliphatic carbocycles. The average Bonchev–Trinajstić information content (AvgIpc) is 2.88. The molecule has 1 amide bonds. The highest BCUT2D eigenvalue weighted by molar-refractivity contribution is 5.88. The summed E-state index contributed by atoms with van der Waals surface area (Å²) in [6.07, 6.45) is 2.18. The van der Waals surface area contributed by atoms with Crippen molar-refractivity contribution in [2.75, 3.05) is 19.8 Å². The fraction of sp³-hybridized carbons (Fsp3) is 0.688. The second-order valence-electron chi connectivity index (χ2n) is 6.68. The van der Waals surface area contributed by atoms with Crippen LogP contribution in [0.25, 0.3) is 0 Å². The first-order valence-electron chi connectivity index (χ1n) is 7.85. The maximum atomic E-state index is 12.5. The number of ketones is 1. The van der Waals surface area contributed by atoms with Gasteiger partial charge < -0.3 is 9.47 Å². The normalized spacial score (nSPS) is 18.8. The van der Waals surface area contributed by atoms with E-state index in [1.807, 2.05) is 33.9 Å². The molecule has 0 aromatic carbocycles. The monoisotopic (exact) mass is 323 g/mol. The zero-order valence-corrected chi connectivity index (χ0v) is 14.2. The molecular formula is C16H25N3O4. The predicted molar refractivity (Wildman–Crippen MR) is 84.1 cm³/mol. The standard InChI is InChI=1S/C16H25N3O4/c1-16(2,3)23-15(21)19-9-10-22-11-13(19)14(20)6-5-12-7-8-17-18(12)4/h7-8,13H,5-6,9-11H2,1-4H3. The third kappa shape index (κ3) is 4.79. The van der Waals surface area contributed by atoms with Crippen LogP contribution in [0, 0.1) is 0 Å². The van der Waals surface area contributed by atoms with E-state index >= 15 is 0 Å². The number of carbonyl (C=O) groups excluding carboxylic acids is 2. The first-order valence-corrected chi connectivity index (χ1v) is 7.85. The third-order valence-corrected chi connectivity index (χ3v) is 3.68. The van der Waals surface area contributed by atoms with Crippen LogP contribution in [0.1, 0.15) is 32.9 Å². The molecule has 2 rings (SSSR count). The summed E-state index contributed by atoms with van der Waals surface area (Å²) in [4.78, 5) is 26.3. The maximum Gasteiger partial charge on any atom is 0.411 e. The predicted octanol–water partition coefficient (Wildman–Crippen LogP) is 1.56. The lowest BCUT2D eigenvalue weighted by molar-refractivity contribution is -0.130. The van der Waals surface area contributed by atoms with E-state index in [0.717, 1.165) is 5.69 Å². The Morgan fingerprint density at radius 2 is 2.17 bits per heavy atom. The molecular weight excluding hydrogens is 298 g/mol. The summed E-state index contributed by atoms with van der Waals surface area (Å²) in [6.45, 7) is 6.45. The summed E-state index contributed by atoms with van der Waals surface area (Å²) >= 11 is 0. The summed E-state index contributed by atoms with van der Waals surface area (Å²) in [6, 6.07) is 1.31. The van der Waals surface area contributed by atoms with Gasteiger partial charge >= 0.3 is 6.09 Å². The van der Waals surface area contributed by atoms with Crippen molar-refractivity contribution in [1.82, 2.24) is 14.7 Å². The van der Waals surface area contributed by atoms with Crippen LogP contribution in [0.2, 0.25) is 0 Å². The lowest BCUT2D eigenvalue weighted by Crippen LogP contribution is -2.53. The summed E-state index contributed by atoms with van der Waals surface area (Å²) in [5.74, 6) is -0.0169. The van der Waals surface area contributed by atoms with Crippen molar-refractivity contribution in [2.45, 2.75) is 45.3 Å². The van der Waals surface area contributed by atoms with E-state index in [9.17, 15) is 9.59 Å². The number of hydrogen-bond donors (Lipinski definition) is 0. The van der Waals surface area contributed by atoms with E-state index in [1.54, 1.807) is 10.9 Å². The van der Waals surface area contributed by atoms with Crippen LogP contribution < -0.4 is 0 Å². The minimum atomic E-state index is -0.586. The van der Waals surface area contributed by atoms with Crippen molar-refractivity contribution < 1.29 is 19.1 Å². The van der Waals surface area contributed by atoms with Gasteiger partial charge in [0.15, 0.2) is 5.78 Å². The summed E-state index contributed by atoms with van der Waals surface area (Å²) in [5, 5.41) is 4.09.